The summed E-state index contributed by atoms with van der Waals surface area (Å²) in [5, 5.41) is 0.600. The summed E-state index contributed by atoms with van der Waals surface area (Å²) < 4.78 is 25.9. The monoisotopic (exact) mass is 480 g/mol. The van der Waals surface area contributed by atoms with E-state index in [2.05, 4.69) is 4.98 Å². The third-order valence-electron chi connectivity index (χ3n) is 6.00. The van der Waals surface area contributed by atoms with E-state index in [1.54, 1.807) is 23.4 Å². The highest BCUT2D eigenvalue weighted by Gasteiger charge is 2.34. The average Bonchev–Trinajstić information content (AvgIpc) is 2.78. The number of pyridine rings is 1. The lowest BCUT2D eigenvalue weighted by Gasteiger charge is -2.39. The summed E-state index contributed by atoms with van der Waals surface area (Å²) in [6.45, 7) is 3.23. The average molecular weight is 481 g/mol. The minimum Gasteiger partial charge on any atom is -0.493 e. The zero-order valence-electron chi connectivity index (χ0n) is 18.5. The number of carbonyl (C=O) groups excluding carboxylic acids is 2. The van der Waals surface area contributed by atoms with Crippen LogP contribution in [0.25, 0.3) is 11.1 Å². The normalized spacial score (nSPS) is 15.4. The summed E-state index contributed by atoms with van der Waals surface area (Å²) in [7, 11) is 0. The summed E-state index contributed by atoms with van der Waals surface area (Å²) in [4.78, 5) is 30.3. The van der Waals surface area contributed by atoms with E-state index in [-0.39, 0.29) is 30.3 Å². The molecular formula is C26H22ClFN2O4. The number of ether oxygens (including phenoxy) is 2. The number of fused-ring (bicyclic) bond motifs is 1. The molecule has 2 aliphatic rings. The molecule has 3 heterocycles. The maximum absolute atomic E-state index is 14.5. The molecule has 1 fully saturated rings. The molecule has 0 aliphatic carbocycles. The van der Waals surface area contributed by atoms with Gasteiger partial charge in [0.1, 0.15) is 23.9 Å². The number of benzene rings is 2. The van der Waals surface area contributed by atoms with Crippen LogP contribution < -0.4 is 9.47 Å². The van der Waals surface area contributed by atoms with Crippen molar-refractivity contribution >= 4 is 23.3 Å². The maximum atomic E-state index is 14.5. The Kier molecular flexibility index (Phi) is 5.96. The number of amides is 1. The van der Waals surface area contributed by atoms with Crippen molar-refractivity contribution < 1.29 is 23.5 Å². The lowest BCUT2D eigenvalue weighted by Crippen LogP contribution is -2.52. The number of carbonyl (C=O) groups is 2. The second kappa shape index (κ2) is 9.06. The number of ketones is 1. The van der Waals surface area contributed by atoms with Crippen molar-refractivity contribution in [2.45, 2.75) is 13.3 Å². The number of nitrogens with zero attached hydrogens (tertiary/aromatic N) is 2. The summed E-state index contributed by atoms with van der Waals surface area (Å²) in [5.41, 5.74) is 3.30. The molecule has 0 N–H and O–H groups in total. The first kappa shape index (κ1) is 22.3. The first-order chi connectivity index (χ1) is 16.4. The van der Waals surface area contributed by atoms with Crippen molar-refractivity contribution in [2.75, 3.05) is 26.3 Å². The molecule has 1 amide bonds. The Balaban J connectivity index is 1.23. The molecule has 6 nitrogen and oxygen atoms in total. The number of hydrogen-bond acceptors (Lipinski definition) is 5. The third kappa shape index (κ3) is 4.48. The number of aromatic nitrogens is 1. The number of halogens is 2. The van der Waals surface area contributed by atoms with Crippen LogP contribution >= 0.6 is 11.6 Å². The second-order valence-corrected chi connectivity index (χ2v) is 9.16. The predicted octanol–water partition coefficient (Wildman–Crippen LogP) is 4.50. The lowest BCUT2D eigenvalue weighted by molar-refractivity contribution is -0.121. The summed E-state index contributed by atoms with van der Waals surface area (Å²) in [6, 6.07) is 10.1. The van der Waals surface area contributed by atoms with E-state index in [9.17, 15) is 14.0 Å². The van der Waals surface area contributed by atoms with E-state index in [0.717, 1.165) is 16.7 Å². The van der Waals surface area contributed by atoms with Gasteiger partial charge in [-0.05, 0) is 42.8 Å². The van der Waals surface area contributed by atoms with Gasteiger partial charge < -0.3 is 14.4 Å². The molecule has 0 atom stereocenters. The van der Waals surface area contributed by atoms with Crippen LogP contribution in [0.15, 0.2) is 48.8 Å². The van der Waals surface area contributed by atoms with E-state index in [0.29, 0.717) is 41.8 Å². The van der Waals surface area contributed by atoms with Crippen LogP contribution in [0.4, 0.5) is 4.39 Å². The van der Waals surface area contributed by atoms with Gasteiger partial charge in [-0.3, -0.25) is 14.6 Å². The van der Waals surface area contributed by atoms with Gasteiger partial charge in [0.25, 0.3) is 5.91 Å². The molecule has 2 aromatic carbocycles. The molecule has 2 aliphatic heterocycles. The van der Waals surface area contributed by atoms with Gasteiger partial charge in [-0.1, -0.05) is 11.6 Å². The van der Waals surface area contributed by atoms with E-state index in [1.165, 1.54) is 12.1 Å². The lowest BCUT2D eigenvalue weighted by atomic mass is 9.97. The molecule has 0 radical (unpaired) electrons. The second-order valence-electron chi connectivity index (χ2n) is 8.72. The molecular weight excluding hydrogens is 459 g/mol. The number of aryl methyl sites for hydroxylation is 1. The topological polar surface area (TPSA) is 68.7 Å². The Bertz CT molecular complexity index is 1290. The van der Waals surface area contributed by atoms with Crippen molar-refractivity contribution in [3.05, 3.63) is 76.3 Å². The molecule has 1 saturated heterocycles. The van der Waals surface area contributed by atoms with Crippen molar-refractivity contribution in [1.29, 1.82) is 0 Å². The maximum Gasteiger partial charge on any atom is 0.256 e. The first-order valence-electron chi connectivity index (χ1n) is 11.0. The highest BCUT2D eigenvalue weighted by molar-refractivity contribution is 6.31. The van der Waals surface area contributed by atoms with Gasteiger partial charge in [0.15, 0.2) is 5.78 Å². The number of Topliss-reactive ketones (excluding diaryl/α,β-unsaturated/α-hetero) is 1. The van der Waals surface area contributed by atoms with Crippen LogP contribution in [0.1, 0.15) is 21.5 Å². The highest BCUT2D eigenvalue weighted by Crippen LogP contribution is 2.34. The summed E-state index contributed by atoms with van der Waals surface area (Å²) in [6.07, 6.45) is 3.69. The molecule has 8 heteroatoms. The fourth-order valence-corrected chi connectivity index (χ4v) is 4.41. The third-order valence-corrected chi connectivity index (χ3v) is 6.24. The van der Waals surface area contributed by atoms with E-state index >= 15 is 0 Å². The molecule has 3 aromatic rings. The van der Waals surface area contributed by atoms with Gasteiger partial charge in [-0.2, -0.15) is 0 Å². The SMILES string of the molecule is Cc1cncc(-c2cc(Cl)ccc2OCC2CN(C(=O)c3cc4c(cc3F)OCC(=O)C4)C2)c1. The molecule has 1 aromatic heterocycles. The zero-order valence-corrected chi connectivity index (χ0v) is 19.3. The molecule has 5 rings (SSSR count). The Labute approximate surface area is 201 Å². The van der Waals surface area contributed by atoms with Crippen LogP contribution in [0.2, 0.25) is 5.02 Å². The number of likely N-dealkylation sites (tertiary alicyclic amines) is 1. The number of rotatable bonds is 5. The van der Waals surface area contributed by atoms with Crippen LogP contribution in [-0.2, 0) is 11.2 Å². The standard InChI is InChI=1S/C26H22ClFN2O4/c1-15-4-18(10-29-9-15)21-7-19(27)2-3-24(21)33-13-16-11-30(12-16)26(32)22-6-17-5-20(31)14-34-25(17)8-23(22)28/h2-4,6-10,16H,5,11-14H2,1H3. The van der Waals surface area contributed by atoms with Crippen molar-refractivity contribution in [3.8, 4) is 22.6 Å². The quantitative estimate of drug-likeness (QED) is 0.537. The summed E-state index contributed by atoms with van der Waals surface area (Å²) >= 11 is 6.21. The van der Waals surface area contributed by atoms with Gasteiger partial charge in [-0.25, -0.2) is 4.39 Å². The fraction of sp³-hybridized carbons (Fsp3) is 0.269. The molecule has 0 saturated carbocycles. The van der Waals surface area contributed by atoms with Crippen LogP contribution in [0, 0.1) is 18.7 Å². The van der Waals surface area contributed by atoms with E-state index < -0.39 is 11.7 Å². The predicted molar refractivity (Wildman–Crippen MR) is 125 cm³/mol. The van der Waals surface area contributed by atoms with Gasteiger partial charge in [0, 0.05) is 65.6 Å². The van der Waals surface area contributed by atoms with Crippen molar-refractivity contribution in [3.63, 3.8) is 0 Å². The van der Waals surface area contributed by atoms with Crippen LogP contribution in [0.3, 0.4) is 0 Å². The van der Waals surface area contributed by atoms with E-state index in [4.69, 9.17) is 21.1 Å². The zero-order chi connectivity index (χ0) is 23.8. The number of hydrogen-bond donors (Lipinski definition) is 0. The Hall–Kier alpha value is -3.45. The van der Waals surface area contributed by atoms with Crippen molar-refractivity contribution in [1.82, 2.24) is 9.88 Å². The minimum atomic E-state index is -0.643. The molecule has 34 heavy (non-hydrogen) atoms. The van der Waals surface area contributed by atoms with E-state index in [1.807, 2.05) is 25.1 Å². The van der Waals surface area contributed by atoms with Crippen LogP contribution in [-0.4, -0.2) is 47.9 Å². The van der Waals surface area contributed by atoms with Crippen molar-refractivity contribution in [2.24, 2.45) is 5.92 Å². The molecule has 174 valence electrons. The Morgan fingerprint density at radius 1 is 1.24 bits per heavy atom. The Morgan fingerprint density at radius 3 is 2.85 bits per heavy atom. The van der Waals surface area contributed by atoms with Gasteiger partial charge in [0.2, 0.25) is 0 Å². The molecule has 0 spiro atoms. The minimum absolute atomic E-state index is 0.0386. The Morgan fingerprint density at radius 2 is 2.06 bits per heavy atom. The van der Waals surface area contributed by atoms with Crippen LogP contribution in [0.5, 0.6) is 11.5 Å². The van der Waals surface area contributed by atoms with Gasteiger partial charge in [-0.15, -0.1) is 0 Å². The largest absolute Gasteiger partial charge is 0.493 e. The van der Waals surface area contributed by atoms with Gasteiger partial charge in [0.05, 0.1) is 12.2 Å². The molecule has 0 unspecified atom stereocenters. The smallest absolute Gasteiger partial charge is 0.256 e. The fourth-order valence-electron chi connectivity index (χ4n) is 4.23. The first-order valence-corrected chi connectivity index (χ1v) is 11.4. The van der Waals surface area contributed by atoms with Gasteiger partial charge >= 0.3 is 0 Å². The summed E-state index contributed by atoms with van der Waals surface area (Å²) in [5.74, 6) is -0.00329. The highest BCUT2D eigenvalue weighted by atomic mass is 35.5. The molecule has 0 bridgehead atoms.